The minimum absolute atomic E-state index is 1.25. The first-order valence-corrected chi connectivity index (χ1v) is 5.42. The largest absolute Gasteiger partial charge is 0.323 e. The minimum atomic E-state index is 1.25. The summed E-state index contributed by atoms with van der Waals surface area (Å²) in [4.78, 5) is 1.33. The van der Waals surface area contributed by atoms with E-state index in [2.05, 4.69) is 52.5 Å². The second-order valence-electron chi connectivity index (χ2n) is 3.24. The quantitative estimate of drug-likeness (QED) is 0.563. The maximum Gasteiger partial charge on any atom is 0.0456 e. The lowest BCUT2D eigenvalue weighted by molar-refractivity contribution is 1.20. The Morgan fingerprint density at radius 2 is 2.07 bits per heavy atom. The van der Waals surface area contributed by atoms with Crippen molar-refractivity contribution in [2.45, 2.75) is 0 Å². The summed E-state index contributed by atoms with van der Waals surface area (Å²) in [6.45, 7) is 0. The summed E-state index contributed by atoms with van der Waals surface area (Å²) in [7, 11) is 0. The molecule has 0 aliphatic heterocycles. The van der Waals surface area contributed by atoms with Crippen LogP contribution in [0.5, 0.6) is 0 Å². The fourth-order valence-electron chi connectivity index (χ4n) is 1.63. The van der Waals surface area contributed by atoms with Gasteiger partial charge in [-0.15, -0.1) is 11.3 Å². The van der Waals surface area contributed by atoms with Gasteiger partial charge in [-0.05, 0) is 29.6 Å². The summed E-state index contributed by atoms with van der Waals surface area (Å²) in [6, 6.07) is 12.7. The molecule has 0 unspecified atom stereocenters. The van der Waals surface area contributed by atoms with E-state index in [9.17, 15) is 0 Å². The number of nitrogens with zero attached hydrogens (tertiary/aromatic N) is 1. The van der Waals surface area contributed by atoms with Gasteiger partial charge in [-0.3, -0.25) is 0 Å². The number of thiophene rings is 1. The molecule has 3 aromatic rings. The smallest absolute Gasteiger partial charge is 0.0456 e. The van der Waals surface area contributed by atoms with Gasteiger partial charge in [0.05, 0.1) is 0 Å². The van der Waals surface area contributed by atoms with Crippen LogP contribution in [0.25, 0.3) is 16.0 Å². The molecule has 0 radical (unpaired) electrons. The number of hydrogen-bond donors (Lipinski definition) is 0. The van der Waals surface area contributed by atoms with Gasteiger partial charge in [0.15, 0.2) is 0 Å². The van der Waals surface area contributed by atoms with Crippen molar-refractivity contribution in [3.8, 4) is 10.4 Å². The third-order valence-electron chi connectivity index (χ3n) is 2.31. The van der Waals surface area contributed by atoms with Crippen LogP contribution in [0, 0.1) is 0 Å². The molecule has 0 saturated carbocycles. The Kier molecular flexibility index (Phi) is 1.67. The molecule has 0 N–H and O–H groups in total. The van der Waals surface area contributed by atoms with Gasteiger partial charge in [-0.2, -0.15) is 0 Å². The maximum atomic E-state index is 2.21. The molecule has 0 amide bonds. The van der Waals surface area contributed by atoms with Crippen LogP contribution >= 0.6 is 11.3 Å². The summed E-state index contributed by atoms with van der Waals surface area (Å²) in [5, 5.41) is 2.11. The molecule has 0 spiro atoms. The van der Waals surface area contributed by atoms with Crippen molar-refractivity contribution in [1.82, 2.24) is 4.40 Å². The van der Waals surface area contributed by atoms with Crippen molar-refractivity contribution < 1.29 is 0 Å². The van der Waals surface area contributed by atoms with Crippen molar-refractivity contribution in [2.75, 3.05) is 0 Å². The summed E-state index contributed by atoms with van der Waals surface area (Å²) in [6.07, 6.45) is 4.24. The number of fused-ring (bicyclic) bond motifs is 1. The van der Waals surface area contributed by atoms with E-state index in [1.807, 2.05) is 6.07 Å². The highest BCUT2D eigenvalue weighted by atomic mass is 32.1. The molecular weight excluding hydrogens is 190 g/mol. The van der Waals surface area contributed by atoms with Crippen molar-refractivity contribution in [1.29, 1.82) is 0 Å². The van der Waals surface area contributed by atoms with Gasteiger partial charge in [-0.25, -0.2) is 0 Å². The topological polar surface area (TPSA) is 4.41 Å². The first-order chi connectivity index (χ1) is 6.93. The Balaban J connectivity index is 2.24. The van der Waals surface area contributed by atoms with Crippen LogP contribution in [0.15, 0.2) is 54.2 Å². The molecular formula is C12H9NS. The van der Waals surface area contributed by atoms with Crippen LogP contribution in [0.2, 0.25) is 0 Å². The van der Waals surface area contributed by atoms with Crippen molar-refractivity contribution in [2.24, 2.45) is 0 Å². The zero-order valence-electron chi connectivity index (χ0n) is 7.55. The zero-order valence-corrected chi connectivity index (χ0v) is 8.37. The number of aromatic nitrogens is 1. The number of pyridine rings is 1. The van der Waals surface area contributed by atoms with Gasteiger partial charge in [0.1, 0.15) is 0 Å². The average molecular weight is 199 g/mol. The molecule has 68 valence electrons. The van der Waals surface area contributed by atoms with E-state index < -0.39 is 0 Å². The highest BCUT2D eigenvalue weighted by molar-refractivity contribution is 7.13. The third kappa shape index (κ3) is 1.16. The van der Waals surface area contributed by atoms with Gasteiger partial charge in [0.2, 0.25) is 0 Å². The predicted molar refractivity (Wildman–Crippen MR) is 60.7 cm³/mol. The SMILES string of the molecule is c1csc(-c2cc3ccccn3c2)c1. The Morgan fingerprint density at radius 1 is 1.07 bits per heavy atom. The lowest BCUT2D eigenvalue weighted by Crippen LogP contribution is -1.76. The molecule has 0 saturated heterocycles. The molecule has 3 heterocycles. The first kappa shape index (κ1) is 7.83. The van der Waals surface area contributed by atoms with Crippen LogP contribution < -0.4 is 0 Å². The van der Waals surface area contributed by atoms with E-state index in [-0.39, 0.29) is 0 Å². The number of rotatable bonds is 1. The Labute approximate surface area is 86.2 Å². The van der Waals surface area contributed by atoms with Gasteiger partial charge in [0, 0.05) is 28.4 Å². The minimum Gasteiger partial charge on any atom is -0.323 e. The van der Waals surface area contributed by atoms with E-state index in [1.165, 1.54) is 16.0 Å². The molecule has 0 aliphatic rings. The van der Waals surface area contributed by atoms with Crippen LogP contribution in [0.1, 0.15) is 0 Å². The molecule has 14 heavy (non-hydrogen) atoms. The van der Waals surface area contributed by atoms with Gasteiger partial charge >= 0.3 is 0 Å². The highest BCUT2D eigenvalue weighted by Gasteiger charge is 2.01. The van der Waals surface area contributed by atoms with E-state index in [1.54, 1.807) is 11.3 Å². The summed E-state index contributed by atoms with van der Waals surface area (Å²) < 4.78 is 2.15. The Bertz CT molecular complexity index is 515. The van der Waals surface area contributed by atoms with Crippen molar-refractivity contribution >= 4 is 16.9 Å². The van der Waals surface area contributed by atoms with Gasteiger partial charge in [0.25, 0.3) is 0 Å². The molecule has 2 heteroatoms. The van der Waals surface area contributed by atoms with Crippen LogP contribution in [-0.2, 0) is 0 Å². The van der Waals surface area contributed by atoms with Crippen molar-refractivity contribution in [3.05, 3.63) is 54.2 Å². The van der Waals surface area contributed by atoms with E-state index in [0.717, 1.165) is 0 Å². The first-order valence-electron chi connectivity index (χ1n) is 4.54. The third-order valence-corrected chi connectivity index (χ3v) is 3.23. The Morgan fingerprint density at radius 3 is 2.86 bits per heavy atom. The van der Waals surface area contributed by atoms with Gasteiger partial charge < -0.3 is 4.40 Å². The van der Waals surface area contributed by atoms with Crippen LogP contribution in [0.4, 0.5) is 0 Å². The van der Waals surface area contributed by atoms with E-state index >= 15 is 0 Å². The van der Waals surface area contributed by atoms with Crippen LogP contribution in [0.3, 0.4) is 0 Å². The highest BCUT2D eigenvalue weighted by Crippen LogP contribution is 2.26. The Hall–Kier alpha value is -1.54. The van der Waals surface area contributed by atoms with Crippen LogP contribution in [-0.4, -0.2) is 4.40 Å². The lowest BCUT2D eigenvalue weighted by Gasteiger charge is -1.89. The molecule has 0 bridgehead atoms. The molecule has 3 rings (SSSR count). The molecule has 0 aliphatic carbocycles. The predicted octanol–water partition coefficient (Wildman–Crippen LogP) is 3.67. The monoisotopic (exact) mass is 199 g/mol. The molecule has 0 aromatic carbocycles. The maximum absolute atomic E-state index is 2.21. The van der Waals surface area contributed by atoms with Gasteiger partial charge in [-0.1, -0.05) is 12.1 Å². The summed E-state index contributed by atoms with van der Waals surface area (Å²) in [5.74, 6) is 0. The zero-order chi connectivity index (χ0) is 9.38. The van der Waals surface area contributed by atoms with Crippen molar-refractivity contribution in [3.63, 3.8) is 0 Å². The average Bonchev–Trinajstić information content (AvgIpc) is 2.86. The second kappa shape index (κ2) is 3.00. The standard InChI is InChI=1S/C12H9NS/c1-2-6-13-9-10(8-11(13)4-1)12-5-3-7-14-12/h1-9H. The molecule has 3 aromatic heterocycles. The molecule has 1 nitrogen and oxygen atoms in total. The normalized spacial score (nSPS) is 10.9. The summed E-state index contributed by atoms with van der Waals surface area (Å²) in [5.41, 5.74) is 2.54. The summed E-state index contributed by atoms with van der Waals surface area (Å²) >= 11 is 1.78. The molecule has 0 fully saturated rings. The van der Waals surface area contributed by atoms with E-state index in [4.69, 9.17) is 0 Å². The second-order valence-corrected chi connectivity index (χ2v) is 4.19. The van der Waals surface area contributed by atoms with E-state index in [0.29, 0.717) is 0 Å². The lowest BCUT2D eigenvalue weighted by atomic mass is 10.3. The number of hydrogen-bond acceptors (Lipinski definition) is 1. The fourth-order valence-corrected chi connectivity index (χ4v) is 2.34. The molecule has 0 atom stereocenters. The fraction of sp³-hybridized carbons (Fsp3) is 0.